The minimum Gasteiger partial charge on any atom is -0.477 e. The lowest BCUT2D eigenvalue weighted by Crippen LogP contribution is -2.38. The molecule has 2 aromatic rings. The molecule has 0 radical (unpaired) electrons. The normalized spacial score (nSPS) is 28.7. The van der Waals surface area contributed by atoms with E-state index in [0.29, 0.717) is 30.6 Å². The molecule has 152 valence electrons. The van der Waals surface area contributed by atoms with Gasteiger partial charge in [-0.1, -0.05) is 19.1 Å². The van der Waals surface area contributed by atoms with Crippen molar-refractivity contribution in [3.05, 3.63) is 52.1 Å². The summed E-state index contributed by atoms with van der Waals surface area (Å²) in [5.41, 5.74) is 6.01. The summed E-state index contributed by atoms with van der Waals surface area (Å²) >= 11 is 0. The molecule has 0 amide bonds. The molecule has 5 rings (SSSR count). The summed E-state index contributed by atoms with van der Waals surface area (Å²) in [6.07, 6.45) is 7.21. The Morgan fingerprint density at radius 2 is 1.93 bits per heavy atom. The van der Waals surface area contributed by atoms with Crippen LogP contribution in [0.25, 0.3) is 10.9 Å². The lowest BCUT2D eigenvalue weighted by atomic mass is 9.77. The number of hydrogen-bond donors (Lipinski definition) is 2. The molecule has 0 bridgehead atoms. The Kier molecular flexibility index (Phi) is 4.07. The smallest absolute Gasteiger partial charge is 0.341 e. The number of allylic oxidation sites excluding steroid dienone is 1. The maximum absolute atomic E-state index is 15.8. The van der Waals surface area contributed by atoms with Crippen molar-refractivity contribution >= 4 is 22.6 Å². The summed E-state index contributed by atoms with van der Waals surface area (Å²) < 4.78 is 17.4. The third kappa shape index (κ3) is 2.79. The van der Waals surface area contributed by atoms with Crippen molar-refractivity contribution < 1.29 is 14.3 Å². The lowest BCUT2D eigenvalue weighted by molar-refractivity contribution is 0.0695. The molecule has 29 heavy (non-hydrogen) atoms. The van der Waals surface area contributed by atoms with Crippen molar-refractivity contribution in [1.29, 1.82) is 0 Å². The molecule has 0 spiro atoms. The number of halogens is 1. The molecule has 2 heterocycles. The van der Waals surface area contributed by atoms with E-state index in [0.717, 1.165) is 12.8 Å². The van der Waals surface area contributed by atoms with E-state index in [9.17, 15) is 14.7 Å². The second kappa shape index (κ2) is 6.42. The van der Waals surface area contributed by atoms with Gasteiger partial charge >= 0.3 is 5.97 Å². The topological polar surface area (TPSA) is 88.6 Å². The van der Waals surface area contributed by atoms with Gasteiger partial charge in [0.1, 0.15) is 5.56 Å². The lowest BCUT2D eigenvalue weighted by Gasteiger charge is -2.30. The van der Waals surface area contributed by atoms with Crippen LogP contribution in [0.15, 0.2) is 35.3 Å². The maximum Gasteiger partial charge on any atom is 0.341 e. The second-order valence-electron chi connectivity index (χ2n) is 8.66. The number of fused-ring (bicyclic) bond motifs is 2. The van der Waals surface area contributed by atoms with Gasteiger partial charge in [0, 0.05) is 42.7 Å². The Labute approximate surface area is 167 Å². The minimum absolute atomic E-state index is 0.0347. The molecule has 7 heteroatoms. The van der Waals surface area contributed by atoms with Gasteiger partial charge in [-0.2, -0.15) is 0 Å². The van der Waals surface area contributed by atoms with Crippen LogP contribution in [0.1, 0.15) is 36.2 Å². The van der Waals surface area contributed by atoms with Crippen LogP contribution in [0.3, 0.4) is 0 Å². The number of carbonyl (C=O) groups is 1. The first-order chi connectivity index (χ1) is 13.9. The molecule has 1 saturated carbocycles. The summed E-state index contributed by atoms with van der Waals surface area (Å²) in [5, 5.41) is 9.51. The fourth-order valence-electron chi connectivity index (χ4n) is 5.04. The molecule has 2 aliphatic carbocycles. The third-order valence-corrected chi connectivity index (χ3v) is 6.84. The van der Waals surface area contributed by atoms with Crippen LogP contribution in [0, 0.1) is 23.6 Å². The average molecular weight is 397 g/mol. The van der Waals surface area contributed by atoms with Gasteiger partial charge in [-0.3, -0.25) is 4.79 Å². The average Bonchev–Trinajstić information content (AvgIpc) is 3.43. The number of rotatable bonds is 3. The van der Waals surface area contributed by atoms with Crippen LogP contribution in [-0.4, -0.2) is 34.8 Å². The molecular formula is C22H24FN3O3. The third-order valence-electron chi connectivity index (χ3n) is 6.84. The summed E-state index contributed by atoms with van der Waals surface area (Å²) in [7, 11) is 0. The van der Waals surface area contributed by atoms with Crippen molar-refractivity contribution in [3.63, 3.8) is 0 Å². The van der Waals surface area contributed by atoms with E-state index in [2.05, 4.69) is 13.0 Å². The Morgan fingerprint density at radius 3 is 2.59 bits per heavy atom. The number of benzene rings is 1. The second-order valence-corrected chi connectivity index (χ2v) is 8.66. The van der Waals surface area contributed by atoms with E-state index in [4.69, 9.17) is 5.73 Å². The van der Waals surface area contributed by atoms with Crippen LogP contribution in [-0.2, 0) is 0 Å². The molecule has 2 fully saturated rings. The van der Waals surface area contributed by atoms with E-state index < -0.39 is 17.2 Å². The number of carboxylic acids is 1. The van der Waals surface area contributed by atoms with Crippen LogP contribution in [0.2, 0.25) is 0 Å². The fraction of sp³-hybridized carbons (Fsp3) is 0.455. The highest BCUT2D eigenvalue weighted by molar-refractivity contribution is 5.93. The van der Waals surface area contributed by atoms with E-state index in [1.807, 2.05) is 11.0 Å². The largest absolute Gasteiger partial charge is 0.477 e. The molecule has 3 N–H and O–H groups in total. The minimum atomic E-state index is -1.28. The fourth-order valence-corrected chi connectivity index (χ4v) is 5.04. The summed E-state index contributed by atoms with van der Waals surface area (Å²) in [5.74, 6) is -0.711. The number of anilines is 1. The quantitative estimate of drug-likeness (QED) is 0.778. The van der Waals surface area contributed by atoms with Crippen LogP contribution in [0.4, 0.5) is 10.1 Å². The van der Waals surface area contributed by atoms with Crippen LogP contribution >= 0.6 is 0 Å². The van der Waals surface area contributed by atoms with Gasteiger partial charge in [0.15, 0.2) is 5.82 Å². The van der Waals surface area contributed by atoms with Gasteiger partial charge in [0.05, 0.1) is 11.2 Å². The highest BCUT2D eigenvalue weighted by atomic mass is 19.1. The standard InChI is InChI=1S/C22H24FN3O3/c1-11-2-6-17(24)15-9-25(8-14(11)15)18-7-5-13-20(19(18)23)26(12-3-4-12)10-16(21(13)27)22(28)29/h2,5-7,10-12,14-15,17H,3-4,8-9,24H2,1H3,(H,28,29). The predicted octanol–water partition coefficient (Wildman–Crippen LogP) is 2.76. The molecule has 6 nitrogen and oxygen atoms in total. The predicted molar refractivity (Wildman–Crippen MR) is 109 cm³/mol. The molecule has 1 aromatic heterocycles. The summed E-state index contributed by atoms with van der Waals surface area (Å²) in [6, 6.07) is 3.20. The van der Waals surface area contributed by atoms with Crippen molar-refractivity contribution in [2.45, 2.75) is 31.8 Å². The molecule has 3 aliphatic rings. The van der Waals surface area contributed by atoms with E-state index in [-0.39, 0.29) is 34.5 Å². The summed E-state index contributed by atoms with van der Waals surface area (Å²) in [4.78, 5) is 26.2. The number of nitrogens with zero attached hydrogens (tertiary/aromatic N) is 2. The van der Waals surface area contributed by atoms with E-state index in [1.54, 1.807) is 16.7 Å². The molecule has 4 unspecified atom stereocenters. The zero-order valence-electron chi connectivity index (χ0n) is 16.2. The van der Waals surface area contributed by atoms with E-state index in [1.165, 1.54) is 6.20 Å². The monoisotopic (exact) mass is 397 g/mol. The number of nitrogens with two attached hydrogens (primary N) is 1. The first-order valence-electron chi connectivity index (χ1n) is 10.2. The van der Waals surface area contributed by atoms with Gasteiger partial charge in [-0.15, -0.1) is 0 Å². The Bertz CT molecular complexity index is 1080. The highest BCUT2D eigenvalue weighted by Crippen LogP contribution is 2.42. The molecule has 4 atom stereocenters. The molecule has 1 aliphatic heterocycles. The summed E-state index contributed by atoms with van der Waals surface area (Å²) in [6.45, 7) is 3.55. The SMILES string of the molecule is CC1C=CC(N)C2CN(c3ccc4c(=O)c(C(=O)O)cn(C5CC5)c4c3F)CC12. The number of aromatic nitrogens is 1. The van der Waals surface area contributed by atoms with Crippen molar-refractivity contribution in [2.75, 3.05) is 18.0 Å². The van der Waals surface area contributed by atoms with E-state index >= 15 is 4.39 Å². The molecule has 1 aromatic carbocycles. The highest BCUT2D eigenvalue weighted by Gasteiger charge is 2.41. The number of pyridine rings is 1. The zero-order chi connectivity index (χ0) is 20.4. The first-order valence-corrected chi connectivity index (χ1v) is 10.2. The van der Waals surface area contributed by atoms with Crippen LogP contribution in [0.5, 0.6) is 0 Å². The van der Waals surface area contributed by atoms with Gasteiger partial charge in [-0.25, -0.2) is 9.18 Å². The Hall–Kier alpha value is -2.67. The number of carboxylic acid groups (broad SMARTS) is 1. The van der Waals surface area contributed by atoms with Gasteiger partial charge in [-0.05, 0) is 36.8 Å². The Balaban J connectivity index is 1.63. The van der Waals surface area contributed by atoms with Crippen molar-refractivity contribution in [1.82, 2.24) is 4.57 Å². The Morgan fingerprint density at radius 1 is 1.21 bits per heavy atom. The van der Waals surface area contributed by atoms with Crippen molar-refractivity contribution in [2.24, 2.45) is 23.5 Å². The van der Waals surface area contributed by atoms with Crippen LogP contribution < -0.4 is 16.1 Å². The first kappa shape index (κ1) is 18.4. The zero-order valence-corrected chi connectivity index (χ0v) is 16.2. The molecule has 1 saturated heterocycles. The van der Waals surface area contributed by atoms with Gasteiger partial charge < -0.3 is 20.3 Å². The van der Waals surface area contributed by atoms with Gasteiger partial charge in [0.25, 0.3) is 0 Å². The maximum atomic E-state index is 15.8. The van der Waals surface area contributed by atoms with Gasteiger partial charge in [0.2, 0.25) is 5.43 Å². The number of aromatic carboxylic acids is 1. The molecular weight excluding hydrogens is 373 g/mol. The number of hydrogen-bond acceptors (Lipinski definition) is 4. The van der Waals surface area contributed by atoms with Crippen molar-refractivity contribution in [3.8, 4) is 0 Å².